The molecule has 0 spiro atoms. The van der Waals surface area contributed by atoms with Crippen molar-refractivity contribution in [3.8, 4) is 0 Å². The highest BCUT2D eigenvalue weighted by molar-refractivity contribution is 9.09. The van der Waals surface area contributed by atoms with E-state index in [0.29, 0.717) is 22.3 Å². The van der Waals surface area contributed by atoms with Crippen LogP contribution in [0.25, 0.3) is 0 Å². The highest BCUT2D eigenvalue weighted by Crippen LogP contribution is 2.38. The monoisotopic (exact) mass is 345 g/mol. The molecule has 1 aliphatic carbocycles. The van der Waals surface area contributed by atoms with Gasteiger partial charge in [-0.3, -0.25) is 4.79 Å². The Morgan fingerprint density at radius 3 is 2.79 bits per heavy atom. The molecule has 4 nitrogen and oxygen atoms in total. The number of carbonyl (C=O) groups excluding carboxylic acids is 2. The highest BCUT2D eigenvalue weighted by Gasteiger charge is 2.26. The number of amides is 1. The van der Waals surface area contributed by atoms with Gasteiger partial charge in [0.2, 0.25) is 5.91 Å². The lowest BCUT2D eigenvalue weighted by Crippen LogP contribution is -2.14. The van der Waals surface area contributed by atoms with E-state index < -0.39 is 0 Å². The molecule has 1 aromatic heterocycles. The highest BCUT2D eigenvalue weighted by atomic mass is 79.9. The molecule has 1 heterocycles. The van der Waals surface area contributed by atoms with Crippen LogP contribution in [0.2, 0.25) is 0 Å². The fourth-order valence-corrected chi connectivity index (χ4v) is 3.90. The Morgan fingerprint density at radius 2 is 2.11 bits per heavy atom. The topological polar surface area (TPSA) is 55.4 Å². The largest absolute Gasteiger partial charge is 0.465 e. The summed E-state index contributed by atoms with van der Waals surface area (Å²) in [5.41, 5.74) is 1.63. The molecule has 0 saturated heterocycles. The Hall–Kier alpha value is -0.880. The Balaban J connectivity index is 2.33. The molecule has 6 heteroatoms. The number of anilines is 1. The van der Waals surface area contributed by atoms with Crippen molar-refractivity contribution in [2.75, 3.05) is 17.8 Å². The average Bonchev–Trinajstić information content (AvgIpc) is 2.75. The second-order valence-corrected chi connectivity index (χ2v) is 6.29. The molecule has 0 saturated carbocycles. The molecule has 1 aromatic rings. The SMILES string of the molecule is COC(=O)c1c(NC(=O)CCBr)sc2c1CCCC2. The number of fused-ring (bicyclic) bond motifs is 1. The molecule has 0 aromatic carbocycles. The first-order valence-corrected chi connectivity index (χ1v) is 8.19. The van der Waals surface area contributed by atoms with Crippen molar-refractivity contribution in [1.29, 1.82) is 0 Å². The van der Waals surface area contributed by atoms with Gasteiger partial charge in [-0.05, 0) is 31.2 Å². The number of rotatable bonds is 4. The predicted octanol–water partition coefficient (Wildman–Crippen LogP) is 3.14. The van der Waals surface area contributed by atoms with Gasteiger partial charge in [0, 0.05) is 16.6 Å². The Labute approximate surface area is 124 Å². The number of methoxy groups -OCH3 is 1. The van der Waals surface area contributed by atoms with E-state index in [9.17, 15) is 9.59 Å². The zero-order valence-corrected chi connectivity index (χ0v) is 13.2. The van der Waals surface area contributed by atoms with E-state index in [4.69, 9.17) is 4.74 Å². The summed E-state index contributed by atoms with van der Waals surface area (Å²) in [5.74, 6) is -0.436. The maximum atomic E-state index is 11.9. The van der Waals surface area contributed by atoms with Crippen LogP contribution in [0, 0.1) is 0 Å². The van der Waals surface area contributed by atoms with E-state index in [1.54, 1.807) is 0 Å². The van der Waals surface area contributed by atoms with Crippen molar-refractivity contribution in [1.82, 2.24) is 0 Å². The van der Waals surface area contributed by atoms with Crippen LogP contribution in [-0.4, -0.2) is 24.3 Å². The summed E-state index contributed by atoms with van der Waals surface area (Å²) in [4.78, 5) is 24.8. The van der Waals surface area contributed by atoms with Crippen molar-refractivity contribution in [2.45, 2.75) is 32.1 Å². The van der Waals surface area contributed by atoms with Crippen LogP contribution in [0.4, 0.5) is 5.00 Å². The maximum absolute atomic E-state index is 11.9. The van der Waals surface area contributed by atoms with Crippen LogP contribution in [-0.2, 0) is 22.4 Å². The molecule has 0 aliphatic heterocycles. The summed E-state index contributed by atoms with van der Waals surface area (Å²) in [6.07, 6.45) is 4.50. The van der Waals surface area contributed by atoms with E-state index in [2.05, 4.69) is 21.2 Å². The number of carbonyl (C=O) groups is 2. The van der Waals surface area contributed by atoms with Gasteiger partial charge in [0.1, 0.15) is 5.00 Å². The second kappa shape index (κ2) is 6.52. The Bertz CT molecular complexity index is 498. The molecular weight excluding hydrogens is 330 g/mol. The molecule has 0 atom stereocenters. The van der Waals surface area contributed by atoms with Gasteiger partial charge in [0.25, 0.3) is 0 Å². The molecule has 1 aliphatic rings. The van der Waals surface area contributed by atoms with E-state index >= 15 is 0 Å². The molecule has 0 unspecified atom stereocenters. The first-order valence-electron chi connectivity index (χ1n) is 6.26. The summed E-state index contributed by atoms with van der Waals surface area (Å²) in [6.45, 7) is 0. The van der Waals surface area contributed by atoms with Crippen LogP contribution >= 0.6 is 27.3 Å². The number of thiophene rings is 1. The number of alkyl halides is 1. The van der Waals surface area contributed by atoms with Gasteiger partial charge in [-0.15, -0.1) is 11.3 Å². The minimum atomic E-state index is -0.353. The summed E-state index contributed by atoms with van der Waals surface area (Å²) in [5, 5.41) is 4.08. The molecule has 0 fully saturated rings. The fourth-order valence-electron chi connectivity index (χ4n) is 2.25. The van der Waals surface area contributed by atoms with Gasteiger partial charge in [-0.2, -0.15) is 0 Å². The van der Waals surface area contributed by atoms with Crippen molar-refractivity contribution >= 4 is 44.1 Å². The van der Waals surface area contributed by atoms with E-state index in [1.165, 1.54) is 23.3 Å². The van der Waals surface area contributed by atoms with E-state index in [1.807, 2.05) is 0 Å². The van der Waals surface area contributed by atoms with Crippen LogP contribution in [0.3, 0.4) is 0 Å². The van der Waals surface area contributed by atoms with Crippen molar-refractivity contribution in [3.05, 3.63) is 16.0 Å². The lowest BCUT2D eigenvalue weighted by atomic mass is 9.95. The standard InChI is InChI=1S/C13H16BrNO3S/c1-18-13(17)11-8-4-2-3-5-9(8)19-12(11)15-10(16)6-7-14/h2-7H2,1H3,(H,15,16). The molecular formula is C13H16BrNO3S. The van der Waals surface area contributed by atoms with Crippen LogP contribution in [0.5, 0.6) is 0 Å². The van der Waals surface area contributed by atoms with E-state index in [-0.39, 0.29) is 11.9 Å². The number of esters is 1. The first-order chi connectivity index (χ1) is 9.17. The smallest absolute Gasteiger partial charge is 0.341 e. The van der Waals surface area contributed by atoms with Gasteiger partial charge in [0.05, 0.1) is 12.7 Å². The quantitative estimate of drug-likeness (QED) is 0.673. The van der Waals surface area contributed by atoms with Crippen molar-refractivity contribution in [3.63, 3.8) is 0 Å². The zero-order valence-electron chi connectivity index (χ0n) is 10.8. The summed E-state index contributed by atoms with van der Waals surface area (Å²) >= 11 is 4.74. The van der Waals surface area contributed by atoms with Crippen molar-refractivity contribution in [2.24, 2.45) is 0 Å². The maximum Gasteiger partial charge on any atom is 0.341 e. The summed E-state index contributed by atoms with van der Waals surface area (Å²) in [7, 11) is 1.37. The Morgan fingerprint density at radius 1 is 1.37 bits per heavy atom. The second-order valence-electron chi connectivity index (χ2n) is 4.39. The van der Waals surface area contributed by atoms with Crippen LogP contribution in [0.15, 0.2) is 0 Å². The predicted molar refractivity (Wildman–Crippen MR) is 79.3 cm³/mol. The van der Waals surface area contributed by atoms with Gasteiger partial charge in [-0.25, -0.2) is 4.79 Å². The van der Waals surface area contributed by atoms with E-state index in [0.717, 1.165) is 31.2 Å². The molecule has 19 heavy (non-hydrogen) atoms. The summed E-state index contributed by atoms with van der Waals surface area (Å²) < 4.78 is 4.85. The van der Waals surface area contributed by atoms with Gasteiger partial charge in [0.15, 0.2) is 0 Å². The number of hydrogen-bond acceptors (Lipinski definition) is 4. The number of aryl methyl sites for hydroxylation is 1. The van der Waals surface area contributed by atoms with Gasteiger partial charge < -0.3 is 10.1 Å². The number of ether oxygens (including phenoxy) is 1. The number of nitrogens with one attached hydrogen (secondary N) is 1. The van der Waals surface area contributed by atoms with Crippen LogP contribution in [0.1, 0.15) is 40.1 Å². The average molecular weight is 346 g/mol. The fraction of sp³-hybridized carbons (Fsp3) is 0.538. The minimum absolute atomic E-state index is 0.0828. The third-order valence-electron chi connectivity index (χ3n) is 3.14. The molecule has 0 radical (unpaired) electrons. The lowest BCUT2D eigenvalue weighted by Gasteiger charge is -2.11. The number of hydrogen-bond donors (Lipinski definition) is 1. The molecule has 2 rings (SSSR count). The molecule has 1 amide bonds. The third-order valence-corrected chi connectivity index (χ3v) is 4.74. The summed E-state index contributed by atoms with van der Waals surface area (Å²) in [6, 6.07) is 0. The lowest BCUT2D eigenvalue weighted by molar-refractivity contribution is -0.115. The van der Waals surface area contributed by atoms with Crippen LogP contribution < -0.4 is 5.32 Å². The molecule has 0 bridgehead atoms. The van der Waals surface area contributed by atoms with Gasteiger partial charge in [-0.1, -0.05) is 15.9 Å². The Kier molecular flexibility index (Phi) is 4.99. The normalized spacial score (nSPS) is 13.8. The van der Waals surface area contributed by atoms with Gasteiger partial charge >= 0.3 is 5.97 Å². The number of halogens is 1. The molecule has 104 valence electrons. The third kappa shape index (κ3) is 3.17. The zero-order chi connectivity index (χ0) is 13.8. The van der Waals surface area contributed by atoms with Crippen molar-refractivity contribution < 1.29 is 14.3 Å². The first kappa shape index (κ1) is 14.5. The minimum Gasteiger partial charge on any atom is -0.465 e. The molecule has 1 N–H and O–H groups in total.